The smallest absolute Gasteiger partial charge is 0.228 e. The maximum Gasteiger partial charge on any atom is 0.228 e. The summed E-state index contributed by atoms with van der Waals surface area (Å²) in [6.45, 7) is 5.09. The Bertz CT molecular complexity index is 679. The number of hydrogen-bond acceptors (Lipinski definition) is 5. The van der Waals surface area contributed by atoms with Crippen molar-refractivity contribution < 1.29 is 19.0 Å². The van der Waals surface area contributed by atoms with Crippen LogP contribution in [0.3, 0.4) is 0 Å². The summed E-state index contributed by atoms with van der Waals surface area (Å²) in [5, 5.41) is 0. The Hall–Kier alpha value is -1.79. The summed E-state index contributed by atoms with van der Waals surface area (Å²) in [4.78, 5) is 17.2. The first-order valence-corrected chi connectivity index (χ1v) is 10.0. The molecule has 3 aliphatic heterocycles. The van der Waals surface area contributed by atoms with Crippen molar-refractivity contribution in [1.29, 1.82) is 0 Å². The zero-order valence-corrected chi connectivity index (χ0v) is 16.4. The highest BCUT2D eigenvalue weighted by Gasteiger charge is 2.33. The molecule has 1 amide bonds. The molecule has 148 valence electrons. The number of fused-ring (bicyclic) bond motifs is 1. The topological polar surface area (TPSA) is 51.2 Å². The summed E-state index contributed by atoms with van der Waals surface area (Å²) < 4.78 is 16.3. The van der Waals surface area contributed by atoms with Gasteiger partial charge in [-0.2, -0.15) is 0 Å². The minimum absolute atomic E-state index is 0.0888. The summed E-state index contributed by atoms with van der Waals surface area (Å²) in [7, 11) is 3.37. The molecule has 2 fully saturated rings. The number of nitrogens with zero attached hydrogens (tertiary/aromatic N) is 2. The van der Waals surface area contributed by atoms with E-state index in [2.05, 4.69) is 21.9 Å². The van der Waals surface area contributed by atoms with Gasteiger partial charge >= 0.3 is 0 Å². The zero-order chi connectivity index (χ0) is 18.8. The lowest BCUT2D eigenvalue weighted by molar-refractivity contribution is -0.137. The Kier molecular flexibility index (Phi) is 5.55. The van der Waals surface area contributed by atoms with Crippen LogP contribution < -0.4 is 9.47 Å². The van der Waals surface area contributed by atoms with Crippen molar-refractivity contribution >= 4 is 5.91 Å². The van der Waals surface area contributed by atoms with E-state index in [0.29, 0.717) is 18.6 Å². The van der Waals surface area contributed by atoms with Gasteiger partial charge in [-0.15, -0.1) is 0 Å². The monoisotopic (exact) mass is 374 g/mol. The van der Waals surface area contributed by atoms with Gasteiger partial charge in [0.05, 0.1) is 26.7 Å². The van der Waals surface area contributed by atoms with Gasteiger partial charge in [-0.1, -0.05) is 0 Å². The Morgan fingerprint density at radius 2 is 1.74 bits per heavy atom. The van der Waals surface area contributed by atoms with Crippen molar-refractivity contribution in [3.63, 3.8) is 0 Å². The molecule has 27 heavy (non-hydrogen) atoms. The molecule has 0 aliphatic carbocycles. The van der Waals surface area contributed by atoms with Crippen LogP contribution >= 0.6 is 0 Å². The Labute approximate surface area is 161 Å². The standard InChI is InChI=1S/C21H30N2O4/c1-25-19-11-15-3-7-23(13-17(15)12-20(19)26-2)18-4-8-22(9-5-18)21(24)16-6-10-27-14-16/h11-12,16,18H,3-10,13-14H2,1-2H3. The second kappa shape index (κ2) is 8.07. The van der Waals surface area contributed by atoms with Gasteiger partial charge in [-0.3, -0.25) is 9.69 Å². The molecule has 4 rings (SSSR count). The molecule has 1 atom stereocenters. The maximum atomic E-state index is 12.6. The summed E-state index contributed by atoms with van der Waals surface area (Å²) in [6.07, 6.45) is 4.03. The largest absolute Gasteiger partial charge is 0.493 e. The third-order valence-electron chi connectivity index (χ3n) is 6.32. The maximum absolute atomic E-state index is 12.6. The van der Waals surface area contributed by atoms with Gasteiger partial charge in [-0.05, 0) is 48.9 Å². The molecule has 0 aromatic heterocycles. The van der Waals surface area contributed by atoms with Gasteiger partial charge in [0.1, 0.15) is 0 Å². The van der Waals surface area contributed by atoms with Crippen LogP contribution in [0.25, 0.3) is 0 Å². The van der Waals surface area contributed by atoms with Gasteiger partial charge in [0.15, 0.2) is 11.5 Å². The van der Waals surface area contributed by atoms with Crippen LogP contribution in [0.4, 0.5) is 0 Å². The molecule has 3 aliphatic rings. The van der Waals surface area contributed by atoms with E-state index in [4.69, 9.17) is 14.2 Å². The van der Waals surface area contributed by atoms with Crippen LogP contribution in [0.2, 0.25) is 0 Å². The van der Waals surface area contributed by atoms with E-state index in [1.165, 1.54) is 11.1 Å². The van der Waals surface area contributed by atoms with E-state index in [1.807, 2.05) is 0 Å². The molecule has 0 bridgehead atoms. The van der Waals surface area contributed by atoms with Gasteiger partial charge in [0, 0.05) is 38.8 Å². The molecule has 6 heteroatoms. The molecule has 0 saturated carbocycles. The number of ether oxygens (including phenoxy) is 3. The number of carbonyl (C=O) groups is 1. The molecule has 2 saturated heterocycles. The fourth-order valence-corrected chi connectivity index (χ4v) is 4.66. The first kappa shape index (κ1) is 18.6. The molecule has 0 N–H and O–H groups in total. The predicted octanol–water partition coefficient (Wildman–Crippen LogP) is 2.09. The lowest BCUT2D eigenvalue weighted by atomic mass is 9.94. The second-order valence-electron chi connectivity index (χ2n) is 7.81. The number of carbonyl (C=O) groups excluding carboxylic acids is 1. The van der Waals surface area contributed by atoms with E-state index in [-0.39, 0.29) is 5.92 Å². The van der Waals surface area contributed by atoms with Crippen molar-refractivity contribution in [2.45, 2.75) is 38.3 Å². The fraction of sp³-hybridized carbons (Fsp3) is 0.667. The molecular weight excluding hydrogens is 344 g/mol. The third-order valence-corrected chi connectivity index (χ3v) is 6.32. The summed E-state index contributed by atoms with van der Waals surface area (Å²) >= 11 is 0. The first-order valence-electron chi connectivity index (χ1n) is 10.0. The van der Waals surface area contributed by atoms with Crippen molar-refractivity contribution in [2.75, 3.05) is 47.1 Å². The number of amides is 1. The molecule has 0 radical (unpaired) electrons. The van der Waals surface area contributed by atoms with E-state index < -0.39 is 0 Å². The molecule has 0 spiro atoms. The second-order valence-corrected chi connectivity index (χ2v) is 7.81. The number of methoxy groups -OCH3 is 2. The average Bonchev–Trinajstić information content (AvgIpc) is 3.26. The predicted molar refractivity (Wildman–Crippen MR) is 102 cm³/mol. The zero-order valence-electron chi connectivity index (χ0n) is 16.4. The van der Waals surface area contributed by atoms with Crippen molar-refractivity contribution in [2.24, 2.45) is 5.92 Å². The lowest BCUT2D eigenvalue weighted by Gasteiger charge is -2.41. The third kappa shape index (κ3) is 3.78. The number of rotatable bonds is 4. The minimum atomic E-state index is 0.0888. The number of likely N-dealkylation sites (tertiary alicyclic amines) is 1. The number of benzene rings is 1. The average molecular weight is 374 g/mol. The SMILES string of the molecule is COc1cc2c(cc1OC)CN(C1CCN(C(=O)C3CCOC3)CC1)CC2. The summed E-state index contributed by atoms with van der Waals surface area (Å²) in [5.41, 5.74) is 2.69. The van der Waals surface area contributed by atoms with Gasteiger partial charge in [0.25, 0.3) is 0 Å². The lowest BCUT2D eigenvalue weighted by Crippen LogP contribution is -2.49. The van der Waals surface area contributed by atoms with Crippen LogP contribution in [0.5, 0.6) is 11.5 Å². The van der Waals surface area contributed by atoms with Crippen LogP contribution in [0, 0.1) is 5.92 Å². The summed E-state index contributed by atoms with van der Waals surface area (Å²) in [6, 6.07) is 4.80. The van der Waals surface area contributed by atoms with E-state index in [0.717, 1.165) is 70.0 Å². The molecule has 1 unspecified atom stereocenters. The number of hydrogen-bond donors (Lipinski definition) is 0. The Balaban J connectivity index is 1.36. The summed E-state index contributed by atoms with van der Waals surface area (Å²) in [5.74, 6) is 2.00. The minimum Gasteiger partial charge on any atom is -0.493 e. The van der Waals surface area contributed by atoms with E-state index in [9.17, 15) is 4.79 Å². The molecule has 6 nitrogen and oxygen atoms in total. The normalized spacial score (nSPS) is 23.9. The molecule has 3 heterocycles. The quantitative estimate of drug-likeness (QED) is 0.808. The van der Waals surface area contributed by atoms with Crippen LogP contribution in [0.15, 0.2) is 12.1 Å². The highest BCUT2D eigenvalue weighted by Crippen LogP contribution is 2.34. The van der Waals surface area contributed by atoms with Crippen LogP contribution in [-0.4, -0.2) is 68.8 Å². The molecular formula is C21H30N2O4. The first-order chi connectivity index (χ1) is 13.2. The van der Waals surface area contributed by atoms with Crippen LogP contribution in [-0.2, 0) is 22.5 Å². The fourth-order valence-electron chi connectivity index (χ4n) is 4.66. The van der Waals surface area contributed by atoms with Crippen molar-refractivity contribution in [1.82, 2.24) is 9.80 Å². The highest BCUT2D eigenvalue weighted by molar-refractivity contribution is 5.79. The van der Waals surface area contributed by atoms with Gasteiger partial charge in [-0.25, -0.2) is 0 Å². The van der Waals surface area contributed by atoms with Crippen molar-refractivity contribution in [3.05, 3.63) is 23.3 Å². The Morgan fingerprint density at radius 3 is 2.37 bits per heavy atom. The van der Waals surface area contributed by atoms with Crippen LogP contribution in [0.1, 0.15) is 30.4 Å². The van der Waals surface area contributed by atoms with E-state index in [1.54, 1.807) is 14.2 Å². The number of piperidine rings is 1. The van der Waals surface area contributed by atoms with Crippen molar-refractivity contribution in [3.8, 4) is 11.5 Å². The van der Waals surface area contributed by atoms with Gasteiger partial charge in [0.2, 0.25) is 5.91 Å². The van der Waals surface area contributed by atoms with Gasteiger partial charge < -0.3 is 19.1 Å². The molecule has 1 aromatic rings. The highest BCUT2D eigenvalue weighted by atomic mass is 16.5. The molecule has 1 aromatic carbocycles. The van der Waals surface area contributed by atoms with E-state index >= 15 is 0 Å². The Morgan fingerprint density at radius 1 is 1.04 bits per heavy atom.